The highest BCUT2D eigenvalue weighted by Crippen LogP contribution is 2.52. The van der Waals surface area contributed by atoms with Crippen LogP contribution in [0, 0.1) is 29.1 Å². The van der Waals surface area contributed by atoms with Crippen LogP contribution < -0.4 is 52.3 Å². The fourth-order valence-corrected chi connectivity index (χ4v) is 17.8. The summed E-state index contributed by atoms with van der Waals surface area (Å²) in [6.45, 7) is 11.3. The van der Waals surface area contributed by atoms with E-state index in [1.54, 1.807) is 44.2 Å². The van der Waals surface area contributed by atoms with Crippen molar-refractivity contribution >= 4 is 107 Å². The van der Waals surface area contributed by atoms with Crippen molar-refractivity contribution in [2.75, 3.05) is 68.0 Å². The average Bonchev–Trinajstić information content (AvgIpc) is 1.74. The highest BCUT2D eigenvalue weighted by Gasteiger charge is 2.58. The van der Waals surface area contributed by atoms with Crippen LogP contribution in [-0.4, -0.2) is 233 Å². The fraction of sp³-hybridized carbons (Fsp3) is 0.539. The van der Waals surface area contributed by atoms with E-state index < -0.39 is 172 Å². The van der Waals surface area contributed by atoms with Gasteiger partial charge in [-0.05, 0) is 126 Å². The number of carbonyl (C=O) groups excluding carboxylic acids is 2. The zero-order chi connectivity index (χ0) is 90.0. The second-order valence-electron chi connectivity index (χ2n) is 31.3. The van der Waals surface area contributed by atoms with E-state index in [9.17, 15) is 65.5 Å². The second kappa shape index (κ2) is 38.3. The predicted octanol–water partition coefficient (Wildman–Crippen LogP) is 7.94. The summed E-state index contributed by atoms with van der Waals surface area (Å²) in [5.41, 5.74) is 13.4. The lowest BCUT2D eigenvalue weighted by Crippen LogP contribution is -2.41. The molecule has 6 fully saturated rings. The number of esters is 2. The minimum Gasteiger partial charge on any atom is -0.462 e. The van der Waals surface area contributed by atoms with E-state index in [2.05, 4.69) is 55.3 Å². The minimum absolute atomic E-state index is 0.00576. The molecular formula is C76H99ClF8N20O16P2. The molecule has 6 aromatic heterocycles. The maximum atomic E-state index is 16.2. The lowest BCUT2D eigenvalue weighted by Gasteiger charge is -2.26. The third kappa shape index (κ3) is 21.0. The van der Waals surface area contributed by atoms with Gasteiger partial charge in [0.2, 0.25) is 23.7 Å². The number of fused-ring (bicyclic) bond motifs is 3. The van der Waals surface area contributed by atoms with E-state index in [1.807, 2.05) is 42.1 Å². The molecule has 15 rings (SSSR count). The molecular weight excluding hydrogens is 1700 g/mol. The molecule has 6 aliphatic rings. The van der Waals surface area contributed by atoms with Gasteiger partial charge in [0.25, 0.3) is 7.52 Å². The molecule has 0 amide bonds. The van der Waals surface area contributed by atoms with E-state index >= 15 is 8.78 Å². The van der Waals surface area contributed by atoms with Crippen molar-refractivity contribution in [2.24, 2.45) is 0 Å². The number of ether oxygens (including phenoxy) is 5. The molecule has 123 heavy (non-hydrogen) atoms. The number of anilines is 5. The summed E-state index contributed by atoms with van der Waals surface area (Å²) < 4.78 is 185. The smallest absolute Gasteiger partial charge is 0.353 e. The van der Waals surface area contributed by atoms with Gasteiger partial charge in [0, 0.05) is 32.2 Å². The molecule has 3 saturated carbocycles. The summed E-state index contributed by atoms with van der Waals surface area (Å²) in [4.78, 5) is 66.1. The molecule has 36 nitrogen and oxygen atoms in total. The third-order valence-electron chi connectivity index (χ3n) is 20.7. The molecule has 3 saturated heterocycles. The van der Waals surface area contributed by atoms with Gasteiger partial charge in [-0.3, -0.25) is 32.4 Å². The number of halogens is 9. The first-order valence-corrected chi connectivity index (χ1v) is 42.9. The Bertz CT molecular complexity index is 5290. The number of nitrogens with one attached hydrogen (secondary N) is 3. The van der Waals surface area contributed by atoms with Gasteiger partial charge in [0.15, 0.2) is 104 Å². The quantitative estimate of drug-likeness (QED) is 0.00611. The molecule has 14 N–H and O–H groups in total. The molecule has 672 valence electrons. The number of alkyl halides is 3. The molecule has 3 aliphatic carbocycles. The monoisotopic (exact) mass is 1800 g/mol. The van der Waals surface area contributed by atoms with Gasteiger partial charge in [0.05, 0.1) is 57.2 Å². The van der Waals surface area contributed by atoms with Crippen molar-refractivity contribution in [3.8, 4) is 5.75 Å². The molecule has 3 aliphatic heterocycles. The standard InChI is InChI=1S/C28H39FN7O6P.C18H17F5NO4P.C15H21FN6O3.C11H13ClFN5O3.C4H9N/c1-16(2)41-25(38)17(3)34-43(39,14-18-9-7-6-8-10-18)40-13-20-22(37)28(4,29)26(42-20)36-15-31-21-23(35(5)19-11-12-19)32-27(30)33-24(21)36;1-9(2)27-18(25)10(3)24-29(26,28-11-7-5-4-6-8-11)17-15(22)13(20)12(19)14(21)16(17)23;1-15(16)10(24)8(5-23)25-13(15)22-6-18-9-11(21(2)7-3-4-7)19-14(17)20-12(9)22;1-11(13)6(20)4(2-19)21-9(11)18-3-15-5-7(12)16-10(14)17-8(5)18;1-5-4-2-3-4/h6-10,15-17,19-20,22,26,37H,11-14H2,1-5H3,(H,34,39)(H2,30,32,33);4-10H,1-3H3,(H,24,26);6-8,10,13,23-24H,3-5H2,1-2H3,(H2,17,19,20);3-4,6,9,19-20H,2H2,1H3,(H2,14,16,17);4-5H,2-3H2,1H3/t17-,20+,22+,26+,28+,43+;10-,29+;8-,10-,13-,15-;4-,6-,9-,11-;/m0011./s1. The summed E-state index contributed by atoms with van der Waals surface area (Å²) in [6, 6.07) is 15.0. The number of rotatable bonds is 26. The van der Waals surface area contributed by atoms with Crippen LogP contribution in [0.4, 0.5) is 64.6 Å². The molecule has 9 heterocycles. The molecule has 16 atom stereocenters. The van der Waals surface area contributed by atoms with Gasteiger partial charge in [-0.1, -0.05) is 60.1 Å². The molecule has 3 aromatic carbocycles. The normalized spacial score (nSPS) is 25.6. The van der Waals surface area contributed by atoms with Crippen molar-refractivity contribution in [1.29, 1.82) is 0 Å². The number of nitrogens with zero attached hydrogens (tertiary/aromatic N) is 14. The number of aromatic nitrogens is 12. The number of para-hydroxylation sites is 1. The molecule has 0 bridgehead atoms. The van der Waals surface area contributed by atoms with E-state index in [0.717, 1.165) is 38.6 Å². The lowest BCUT2D eigenvalue weighted by atomic mass is 9.98. The average molecular weight is 1800 g/mol. The van der Waals surface area contributed by atoms with Crippen LogP contribution in [0.25, 0.3) is 33.5 Å². The second-order valence-corrected chi connectivity index (χ2v) is 35.8. The zero-order valence-electron chi connectivity index (χ0n) is 68.8. The maximum absolute atomic E-state index is 16.2. The number of nitrogens with two attached hydrogens (primary N) is 3. The summed E-state index contributed by atoms with van der Waals surface area (Å²) in [7, 11) is -3.01. The number of aliphatic hydroxyl groups is 5. The van der Waals surface area contributed by atoms with Crippen molar-refractivity contribution in [3.05, 3.63) is 119 Å². The lowest BCUT2D eigenvalue weighted by molar-refractivity contribution is -0.149. The summed E-state index contributed by atoms with van der Waals surface area (Å²) >= 11 is 5.91. The minimum atomic E-state index is -5.04. The van der Waals surface area contributed by atoms with Crippen LogP contribution in [0.5, 0.6) is 5.75 Å². The molecule has 9 aromatic rings. The Kier molecular flexibility index (Phi) is 29.4. The first-order chi connectivity index (χ1) is 57.9. The molecule has 0 unspecified atom stereocenters. The van der Waals surface area contributed by atoms with Gasteiger partial charge >= 0.3 is 19.5 Å². The maximum Gasteiger partial charge on any atom is 0.353 e. The number of imidazole rings is 3. The van der Waals surface area contributed by atoms with Crippen LogP contribution in [0.2, 0.25) is 5.15 Å². The largest absolute Gasteiger partial charge is 0.462 e. The van der Waals surface area contributed by atoms with Gasteiger partial charge < -0.3 is 90.6 Å². The zero-order valence-corrected chi connectivity index (χ0v) is 71.4. The first kappa shape index (κ1) is 94.4. The van der Waals surface area contributed by atoms with E-state index in [0.29, 0.717) is 46.0 Å². The van der Waals surface area contributed by atoms with Gasteiger partial charge in [-0.15, -0.1) is 0 Å². The highest BCUT2D eigenvalue weighted by atomic mass is 35.5. The van der Waals surface area contributed by atoms with Crippen LogP contribution in [0.1, 0.15) is 125 Å². The van der Waals surface area contributed by atoms with Gasteiger partial charge in [-0.25, -0.2) is 60.2 Å². The van der Waals surface area contributed by atoms with Crippen LogP contribution in [-0.2, 0) is 53.1 Å². The van der Waals surface area contributed by atoms with E-state index in [-0.39, 0.29) is 57.8 Å². The van der Waals surface area contributed by atoms with E-state index in [4.69, 9.17) is 66.6 Å². The van der Waals surface area contributed by atoms with E-state index in [1.165, 1.54) is 111 Å². The van der Waals surface area contributed by atoms with Crippen LogP contribution in [0.3, 0.4) is 0 Å². The molecule has 47 heteroatoms. The highest BCUT2D eigenvalue weighted by molar-refractivity contribution is 7.65. The van der Waals surface area contributed by atoms with Crippen molar-refractivity contribution in [3.63, 3.8) is 0 Å². The first-order valence-electron chi connectivity index (χ1n) is 39.1. The molecule has 0 spiro atoms. The van der Waals surface area contributed by atoms with Crippen LogP contribution in [0.15, 0.2) is 79.6 Å². The number of carbonyl (C=O) groups is 2. The summed E-state index contributed by atoms with van der Waals surface area (Å²) in [5, 5.41) is 55.7. The van der Waals surface area contributed by atoms with Crippen LogP contribution >= 0.6 is 26.6 Å². The Morgan fingerprint density at radius 1 is 0.569 bits per heavy atom. The summed E-state index contributed by atoms with van der Waals surface area (Å²) in [5.74, 6) is -12.4. The van der Waals surface area contributed by atoms with Crippen molar-refractivity contribution in [1.82, 2.24) is 74.0 Å². The Morgan fingerprint density at radius 2 is 0.943 bits per heavy atom. The van der Waals surface area contributed by atoms with Gasteiger partial charge in [0.1, 0.15) is 65.3 Å². The Morgan fingerprint density at radius 3 is 1.33 bits per heavy atom. The van der Waals surface area contributed by atoms with Gasteiger partial charge in [-0.2, -0.15) is 29.9 Å². The molecule has 0 radical (unpaired) electrons. The number of nitrogen functional groups attached to an aromatic ring is 3. The number of hydrogen-bond acceptors (Lipinski definition) is 31. The van der Waals surface area contributed by atoms with Crippen molar-refractivity contribution < 1.29 is 112 Å². The number of aliphatic hydroxyl groups excluding tert-OH is 5. The SMILES string of the molecule is CC(C)OC(=O)[C@H](C)N[P@@](=O)(Cc1ccccc1)OC[C@H]1O[C@@H](n2cnc3c(N(C)C4CC4)nc(N)nc32)[C@](C)(F)[C@@H]1O.CC(C)OC(=O)[C@H](C)N[P@](=O)(Oc1ccccc1)c1c(F)c(F)c(F)c(F)c1F.CN(c1nc(N)nc2c1ncn2[C@@H]1O[C@H](CO)[C@@H](O)[C@@]1(C)F)C1CC1.CNC1CC1.C[C@@]1(F)[C@H](O)[C@@H](CO)O[C@H]1n1cnc2c(Cl)nc(N)nc21. The Hall–Kier alpha value is -9.24. The topological polar surface area (TPSA) is 485 Å². The third-order valence-corrected chi connectivity index (χ3v) is 25.2. The predicted molar refractivity (Wildman–Crippen MR) is 434 cm³/mol. The Balaban J connectivity index is 0.000000162. The number of hydrogen-bond donors (Lipinski definition) is 11. The Labute approximate surface area is 704 Å². The summed E-state index contributed by atoms with van der Waals surface area (Å²) in [6.07, 6.45) is -1.61. The van der Waals surface area contributed by atoms with Crippen molar-refractivity contribution in [2.45, 2.75) is 222 Å². The fourth-order valence-electron chi connectivity index (χ4n) is 13.5. The number of benzene rings is 3.